The summed E-state index contributed by atoms with van der Waals surface area (Å²) in [6.07, 6.45) is -0.234. The van der Waals surface area contributed by atoms with Crippen LogP contribution in [0.2, 0.25) is 0 Å². The molecule has 1 saturated heterocycles. The molecule has 0 radical (unpaired) electrons. The van der Waals surface area contributed by atoms with Crippen molar-refractivity contribution in [3.8, 4) is 0 Å². The van der Waals surface area contributed by atoms with Crippen LogP contribution in [0.5, 0.6) is 0 Å². The van der Waals surface area contributed by atoms with Gasteiger partial charge in [-0.15, -0.1) is 11.3 Å². The highest BCUT2D eigenvalue weighted by Crippen LogP contribution is 2.13. The van der Waals surface area contributed by atoms with E-state index in [2.05, 4.69) is 27.1 Å². The van der Waals surface area contributed by atoms with E-state index < -0.39 is 0 Å². The summed E-state index contributed by atoms with van der Waals surface area (Å²) >= 11 is 1.66. The maximum atomic E-state index is 9.43. The lowest BCUT2D eigenvalue weighted by molar-refractivity contribution is 0.0419. The Labute approximate surface area is 107 Å². The third-order valence-corrected chi connectivity index (χ3v) is 3.85. The van der Waals surface area contributed by atoms with Gasteiger partial charge in [-0.25, -0.2) is 4.98 Å². The molecule has 2 heterocycles. The molecule has 4 nitrogen and oxygen atoms in total. The van der Waals surface area contributed by atoms with Crippen LogP contribution in [0.1, 0.15) is 19.5 Å². The number of hydrogen-bond acceptors (Lipinski definition) is 5. The highest BCUT2D eigenvalue weighted by Gasteiger charge is 2.24. The lowest BCUT2D eigenvalue weighted by atomic mass is 10.1. The first-order valence-electron chi connectivity index (χ1n) is 6.16. The van der Waals surface area contributed by atoms with Gasteiger partial charge >= 0.3 is 0 Å². The third-order valence-electron chi connectivity index (χ3n) is 3.22. The summed E-state index contributed by atoms with van der Waals surface area (Å²) in [6, 6.07) is 0.511. The molecule has 1 aromatic heterocycles. The van der Waals surface area contributed by atoms with Gasteiger partial charge in [-0.1, -0.05) is 0 Å². The molecule has 2 atom stereocenters. The Morgan fingerprint density at radius 1 is 1.59 bits per heavy atom. The molecule has 1 aliphatic rings. The minimum atomic E-state index is -0.234. The number of thiazole rings is 1. The summed E-state index contributed by atoms with van der Waals surface area (Å²) in [5, 5.41) is 11.5. The molecular weight excluding hydrogens is 234 g/mol. The number of piperazine rings is 1. The van der Waals surface area contributed by atoms with Crippen molar-refractivity contribution in [2.24, 2.45) is 0 Å². The van der Waals surface area contributed by atoms with E-state index in [-0.39, 0.29) is 6.10 Å². The van der Waals surface area contributed by atoms with Gasteiger partial charge in [0.15, 0.2) is 0 Å². The highest BCUT2D eigenvalue weighted by atomic mass is 32.1. The van der Waals surface area contributed by atoms with Crippen LogP contribution >= 0.6 is 11.3 Å². The fourth-order valence-electron chi connectivity index (χ4n) is 2.37. The Balaban J connectivity index is 1.82. The van der Waals surface area contributed by atoms with E-state index >= 15 is 0 Å². The molecule has 0 bridgehead atoms. The first-order chi connectivity index (χ1) is 8.15. The number of β-amino-alcohol motifs (C(OH)–C–C–N with tert-alkyl or cyclic N) is 1. The minimum Gasteiger partial charge on any atom is -0.392 e. The van der Waals surface area contributed by atoms with Crippen molar-refractivity contribution in [3.05, 3.63) is 16.6 Å². The number of nitrogens with zero attached hydrogens (tertiary/aromatic N) is 3. The summed E-state index contributed by atoms with van der Waals surface area (Å²) in [6.45, 7) is 8.99. The molecule has 1 aromatic rings. The number of hydrogen-bond donors (Lipinski definition) is 1. The highest BCUT2D eigenvalue weighted by molar-refractivity contribution is 7.07. The number of aromatic nitrogens is 1. The van der Waals surface area contributed by atoms with Gasteiger partial charge in [-0.05, 0) is 13.8 Å². The van der Waals surface area contributed by atoms with Gasteiger partial charge in [-0.2, -0.15) is 0 Å². The molecule has 0 aliphatic carbocycles. The van der Waals surface area contributed by atoms with Gasteiger partial charge in [0.1, 0.15) is 0 Å². The van der Waals surface area contributed by atoms with Crippen molar-refractivity contribution in [1.82, 2.24) is 14.8 Å². The molecule has 0 spiro atoms. The molecule has 0 amide bonds. The second-order valence-corrected chi connectivity index (χ2v) is 5.63. The molecule has 0 aromatic carbocycles. The van der Waals surface area contributed by atoms with Crippen molar-refractivity contribution in [1.29, 1.82) is 0 Å². The van der Waals surface area contributed by atoms with Crippen LogP contribution in [0, 0.1) is 0 Å². The van der Waals surface area contributed by atoms with E-state index in [1.54, 1.807) is 11.3 Å². The average molecular weight is 255 g/mol. The maximum absolute atomic E-state index is 9.43. The zero-order chi connectivity index (χ0) is 12.3. The number of aliphatic hydroxyl groups excluding tert-OH is 1. The van der Waals surface area contributed by atoms with Gasteiger partial charge in [0.2, 0.25) is 0 Å². The van der Waals surface area contributed by atoms with E-state index in [4.69, 9.17) is 0 Å². The zero-order valence-corrected chi connectivity index (χ0v) is 11.4. The van der Waals surface area contributed by atoms with E-state index in [0.29, 0.717) is 6.04 Å². The summed E-state index contributed by atoms with van der Waals surface area (Å²) < 4.78 is 0. The summed E-state index contributed by atoms with van der Waals surface area (Å²) in [7, 11) is 0. The van der Waals surface area contributed by atoms with Crippen molar-refractivity contribution in [2.75, 3.05) is 26.2 Å². The third kappa shape index (κ3) is 3.74. The Hall–Kier alpha value is -0.490. The molecule has 1 aliphatic heterocycles. The summed E-state index contributed by atoms with van der Waals surface area (Å²) in [5.41, 5.74) is 3.06. The summed E-state index contributed by atoms with van der Waals surface area (Å²) in [5.74, 6) is 0. The van der Waals surface area contributed by atoms with Crippen molar-refractivity contribution < 1.29 is 5.11 Å². The molecule has 2 unspecified atom stereocenters. The second kappa shape index (κ2) is 5.91. The minimum absolute atomic E-state index is 0.234. The predicted molar refractivity (Wildman–Crippen MR) is 70.1 cm³/mol. The van der Waals surface area contributed by atoms with Gasteiger partial charge in [0.25, 0.3) is 0 Å². The molecule has 1 N–H and O–H groups in total. The molecule has 2 rings (SSSR count). The normalized spacial score (nSPS) is 25.0. The van der Waals surface area contributed by atoms with Gasteiger partial charge in [-0.3, -0.25) is 9.80 Å². The average Bonchev–Trinajstić information content (AvgIpc) is 2.74. The second-order valence-electron chi connectivity index (χ2n) is 4.91. The zero-order valence-electron chi connectivity index (χ0n) is 10.5. The lowest BCUT2D eigenvalue weighted by Crippen LogP contribution is -2.53. The monoisotopic (exact) mass is 255 g/mol. The number of rotatable bonds is 4. The standard InChI is InChI=1S/C12H21N3OS/c1-10-5-14(7-12-8-17-9-13-12)3-4-15(10)6-11(2)16/h8-11,16H,3-7H2,1-2H3. The molecule has 0 saturated carbocycles. The number of aliphatic hydroxyl groups is 1. The first kappa shape index (κ1) is 13.0. The Kier molecular flexibility index (Phi) is 4.50. The fourth-order valence-corrected chi connectivity index (χ4v) is 2.92. The van der Waals surface area contributed by atoms with Gasteiger partial charge in [0, 0.05) is 44.1 Å². The smallest absolute Gasteiger partial charge is 0.0795 e. The van der Waals surface area contributed by atoms with Gasteiger partial charge in [0.05, 0.1) is 17.3 Å². The SMILES string of the molecule is CC(O)CN1CCN(Cc2cscn2)CC1C. The maximum Gasteiger partial charge on any atom is 0.0795 e. The Bertz CT molecular complexity index is 329. The lowest BCUT2D eigenvalue weighted by Gasteiger charge is -2.40. The van der Waals surface area contributed by atoms with E-state index in [0.717, 1.165) is 32.7 Å². The molecule has 1 fully saturated rings. The molecule has 96 valence electrons. The largest absolute Gasteiger partial charge is 0.392 e. The fraction of sp³-hybridized carbons (Fsp3) is 0.750. The quantitative estimate of drug-likeness (QED) is 0.872. The van der Waals surface area contributed by atoms with Crippen LogP contribution in [-0.2, 0) is 6.54 Å². The van der Waals surface area contributed by atoms with Crippen LogP contribution in [0.3, 0.4) is 0 Å². The van der Waals surface area contributed by atoms with Crippen molar-refractivity contribution in [2.45, 2.75) is 32.5 Å². The first-order valence-corrected chi connectivity index (χ1v) is 7.11. The topological polar surface area (TPSA) is 39.6 Å². The Morgan fingerprint density at radius 2 is 2.41 bits per heavy atom. The van der Waals surface area contributed by atoms with E-state index in [1.807, 2.05) is 12.4 Å². The molecular formula is C12H21N3OS. The predicted octanol–water partition coefficient (Wildman–Crippen LogP) is 1.03. The molecule has 17 heavy (non-hydrogen) atoms. The van der Waals surface area contributed by atoms with Crippen LogP contribution in [0.4, 0.5) is 0 Å². The van der Waals surface area contributed by atoms with Crippen molar-refractivity contribution in [3.63, 3.8) is 0 Å². The molecule has 5 heteroatoms. The van der Waals surface area contributed by atoms with Crippen LogP contribution in [0.15, 0.2) is 10.9 Å². The van der Waals surface area contributed by atoms with E-state index in [9.17, 15) is 5.11 Å². The van der Waals surface area contributed by atoms with Crippen LogP contribution in [0.25, 0.3) is 0 Å². The van der Waals surface area contributed by atoms with Crippen LogP contribution < -0.4 is 0 Å². The van der Waals surface area contributed by atoms with Crippen molar-refractivity contribution >= 4 is 11.3 Å². The van der Waals surface area contributed by atoms with Gasteiger partial charge < -0.3 is 5.11 Å². The van der Waals surface area contributed by atoms with Crippen LogP contribution in [-0.4, -0.2) is 58.2 Å². The Morgan fingerprint density at radius 3 is 3.00 bits per heavy atom. The van der Waals surface area contributed by atoms with E-state index in [1.165, 1.54) is 5.69 Å². The summed E-state index contributed by atoms with van der Waals surface area (Å²) in [4.78, 5) is 9.13.